The molecule has 3 nitrogen and oxygen atoms in total. The molecule has 0 spiro atoms. The summed E-state index contributed by atoms with van der Waals surface area (Å²) in [5.41, 5.74) is 0.921. The maximum Gasteiger partial charge on any atom is 0.129 e. The summed E-state index contributed by atoms with van der Waals surface area (Å²) in [4.78, 5) is 6.57. The van der Waals surface area contributed by atoms with Crippen molar-refractivity contribution in [3.8, 4) is 0 Å². The second-order valence-corrected chi connectivity index (χ2v) is 5.10. The first-order chi connectivity index (χ1) is 8.10. The molecular weight excluding hydrogens is 259 g/mol. The van der Waals surface area contributed by atoms with Gasteiger partial charge in [-0.15, -0.1) is 11.6 Å². The maximum absolute atomic E-state index is 6.00. The molecule has 1 saturated heterocycles. The number of anilines is 1. The monoisotopic (exact) mass is 274 g/mol. The van der Waals surface area contributed by atoms with Gasteiger partial charge in [0.1, 0.15) is 5.82 Å². The minimum absolute atomic E-state index is 0.218. The molecule has 1 aliphatic rings. The molecule has 0 N–H and O–H groups in total. The van der Waals surface area contributed by atoms with Crippen molar-refractivity contribution in [1.82, 2.24) is 4.98 Å². The summed E-state index contributed by atoms with van der Waals surface area (Å²) in [5.74, 6) is 1.33. The Morgan fingerprint density at radius 2 is 2.06 bits per heavy atom. The maximum atomic E-state index is 6.00. The van der Waals surface area contributed by atoms with Crippen LogP contribution in [0.4, 0.5) is 5.82 Å². The summed E-state index contributed by atoms with van der Waals surface area (Å²) in [6.07, 6.45) is 2.10. The van der Waals surface area contributed by atoms with Crippen LogP contribution >= 0.6 is 23.2 Å². The highest BCUT2D eigenvalue weighted by molar-refractivity contribution is 6.32. The van der Waals surface area contributed by atoms with E-state index in [1.165, 1.54) is 0 Å². The SMILES string of the molecule is C[C@@H]1CN(c2cc(CCl)c(Cl)cn2)C[C@H](C)O1. The van der Waals surface area contributed by atoms with Crippen LogP contribution in [0.3, 0.4) is 0 Å². The lowest BCUT2D eigenvalue weighted by Crippen LogP contribution is -2.45. The molecule has 1 aromatic rings. The molecule has 0 unspecified atom stereocenters. The molecule has 1 aromatic heterocycles. The number of hydrogen-bond acceptors (Lipinski definition) is 3. The Kier molecular flexibility index (Phi) is 4.13. The van der Waals surface area contributed by atoms with Gasteiger partial charge in [-0.2, -0.15) is 0 Å². The van der Waals surface area contributed by atoms with Gasteiger partial charge in [-0.25, -0.2) is 4.98 Å². The summed E-state index contributed by atoms with van der Waals surface area (Å²) in [7, 11) is 0. The van der Waals surface area contributed by atoms with E-state index in [1.807, 2.05) is 6.07 Å². The van der Waals surface area contributed by atoms with Crippen LogP contribution in [0, 0.1) is 0 Å². The van der Waals surface area contributed by atoms with Crippen LogP contribution in [0.1, 0.15) is 19.4 Å². The minimum atomic E-state index is 0.218. The molecule has 94 valence electrons. The van der Waals surface area contributed by atoms with Crippen molar-refractivity contribution in [3.63, 3.8) is 0 Å². The number of alkyl halides is 1. The summed E-state index contributed by atoms with van der Waals surface area (Å²) < 4.78 is 5.70. The van der Waals surface area contributed by atoms with E-state index in [4.69, 9.17) is 27.9 Å². The van der Waals surface area contributed by atoms with Gasteiger partial charge in [0.2, 0.25) is 0 Å². The zero-order valence-electron chi connectivity index (χ0n) is 9.99. The van der Waals surface area contributed by atoms with Crippen molar-refractivity contribution in [3.05, 3.63) is 22.8 Å². The average Bonchev–Trinajstić information content (AvgIpc) is 2.28. The van der Waals surface area contributed by atoms with Crippen molar-refractivity contribution in [1.29, 1.82) is 0 Å². The van der Waals surface area contributed by atoms with E-state index < -0.39 is 0 Å². The van der Waals surface area contributed by atoms with E-state index in [-0.39, 0.29) is 12.2 Å². The van der Waals surface area contributed by atoms with Crippen LogP contribution in [0.25, 0.3) is 0 Å². The van der Waals surface area contributed by atoms with Gasteiger partial charge in [-0.1, -0.05) is 11.6 Å². The van der Waals surface area contributed by atoms with Gasteiger partial charge in [-0.05, 0) is 25.5 Å². The van der Waals surface area contributed by atoms with Crippen LogP contribution in [0.5, 0.6) is 0 Å². The molecule has 5 heteroatoms. The number of aromatic nitrogens is 1. The van der Waals surface area contributed by atoms with Gasteiger partial charge >= 0.3 is 0 Å². The third kappa shape index (κ3) is 3.03. The summed E-state index contributed by atoms with van der Waals surface area (Å²) in [5, 5.41) is 0.623. The molecule has 0 bridgehead atoms. The number of pyridine rings is 1. The molecule has 2 atom stereocenters. The van der Waals surface area contributed by atoms with Crippen LogP contribution in [-0.2, 0) is 10.6 Å². The third-order valence-corrected chi connectivity index (χ3v) is 3.44. The average molecular weight is 275 g/mol. The highest BCUT2D eigenvalue weighted by atomic mass is 35.5. The van der Waals surface area contributed by atoms with E-state index in [9.17, 15) is 0 Å². The standard InChI is InChI=1S/C12H16Cl2N2O/c1-8-6-16(7-9(2)17-8)12-3-10(4-13)11(14)5-15-12/h3,5,8-9H,4,6-7H2,1-2H3/t8-,9+. The largest absolute Gasteiger partial charge is 0.372 e. The molecule has 0 aromatic carbocycles. The molecule has 17 heavy (non-hydrogen) atoms. The molecule has 0 amide bonds. The number of hydrogen-bond donors (Lipinski definition) is 0. The fraction of sp³-hybridized carbons (Fsp3) is 0.583. The number of ether oxygens (including phenoxy) is 1. The lowest BCUT2D eigenvalue weighted by molar-refractivity contribution is -0.00546. The molecule has 1 fully saturated rings. The second-order valence-electron chi connectivity index (χ2n) is 4.43. The van der Waals surface area contributed by atoms with E-state index in [1.54, 1.807) is 6.20 Å². The number of rotatable bonds is 2. The van der Waals surface area contributed by atoms with Crippen molar-refractivity contribution >= 4 is 29.0 Å². The van der Waals surface area contributed by atoms with Crippen LogP contribution < -0.4 is 4.90 Å². The Morgan fingerprint density at radius 3 is 2.65 bits per heavy atom. The Morgan fingerprint density at radius 1 is 1.41 bits per heavy atom. The molecule has 0 saturated carbocycles. The molecule has 0 aliphatic carbocycles. The Labute approximate surface area is 112 Å². The number of morpholine rings is 1. The van der Waals surface area contributed by atoms with Crippen LogP contribution in [0.2, 0.25) is 5.02 Å². The summed E-state index contributed by atoms with van der Waals surface area (Å²) in [6, 6.07) is 1.96. The number of halogens is 2. The Balaban J connectivity index is 2.21. The third-order valence-electron chi connectivity index (χ3n) is 2.81. The van der Waals surface area contributed by atoms with E-state index in [2.05, 4.69) is 23.7 Å². The lowest BCUT2D eigenvalue weighted by Gasteiger charge is -2.36. The zero-order chi connectivity index (χ0) is 12.4. The molecular formula is C12H16Cl2N2O. The minimum Gasteiger partial charge on any atom is -0.372 e. The highest BCUT2D eigenvalue weighted by Crippen LogP contribution is 2.24. The highest BCUT2D eigenvalue weighted by Gasteiger charge is 2.23. The molecule has 0 radical (unpaired) electrons. The van der Waals surface area contributed by atoms with Crippen LogP contribution in [-0.4, -0.2) is 30.3 Å². The first-order valence-electron chi connectivity index (χ1n) is 5.71. The van der Waals surface area contributed by atoms with Crippen molar-refractivity contribution in [2.75, 3.05) is 18.0 Å². The second kappa shape index (κ2) is 5.42. The number of nitrogens with zero attached hydrogens (tertiary/aromatic N) is 2. The van der Waals surface area contributed by atoms with Gasteiger partial charge < -0.3 is 9.64 Å². The zero-order valence-corrected chi connectivity index (χ0v) is 11.5. The smallest absolute Gasteiger partial charge is 0.129 e. The summed E-state index contributed by atoms with van der Waals surface area (Å²) in [6.45, 7) is 5.84. The van der Waals surface area contributed by atoms with Gasteiger partial charge in [-0.3, -0.25) is 0 Å². The van der Waals surface area contributed by atoms with Gasteiger partial charge in [0.25, 0.3) is 0 Å². The Bertz CT molecular complexity index is 390. The quantitative estimate of drug-likeness (QED) is 0.775. The van der Waals surface area contributed by atoms with E-state index in [0.29, 0.717) is 10.9 Å². The first kappa shape index (κ1) is 12.9. The van der Waals surface area contributed by atoms with E-state index >= 15 is 0 Å². The van der Waals surface area contributed by atoms with Crippen LogP contribution in [0.15, 0.2) is 12.3 Å². The van der Waals surface area contributed by atoms with Crippen molar-refractivity contribution in [2.24, 2.45) is 0 Å². The summed E-state index contributed by atoms with van der Waals surface area (Å²) >= 11 is 11.8. The van der Waals surface area contributed by atoms with E-state index in [0.717, 1.165) is 24.5 Å². The fourth-order valence-electron chi connectivity index (χ4n) is 2.11. The van der Waals surface area contributed by atoms with Gasteiger partial charge in [0, 0.05) is 25.2 Å². The topological polar surface area (TPSA) is 25.4 Å². The lowest BCUT2D eigenvalue weighted by atomic mass is 10.2. The molecule has 1 aliphatic heterocycles. The predicted octanol–water partition coefficient (Wildman–Crippen LogP) is 3.09. The van der Waals surface area contributed by atoms with Crippen molar-refractivity contribution in [2.45, 2.75) is 31.9 Å². The predicted molar refractivity (Wildman–Crippen MR) is 71.0 cm³/mol. The fourth-order valence-corrected chi connectivity index (χ4v) is 2.57. The van der Waals surface area contributed by atoms with Crippen molar-refractivity contribution < 1.29 is 4.74 Å². The molecule has 2 heterocycles. The Hall–Kier alpha value is -0.510. The first-order valence-corrected chi connectivity index (χ1v) is 6.62. The van der Waals surface area contributed by atoms with Gasteiger partial charge in [0.05, 0.1) is 17.2 Å². The molecule has 2 rings (SSSR count). The normalized spacial score (nSPS) is 25.1. The van der Waals surface area contributed by atoms with Gasteiger partial charge in [0.15, 0.2) is 0 Å².